The minimum absolute atomic E-state index is 0.796. The van der Waals surface area contributed by atoms with E-state index in [2.05, 4.69) is 59.4 Å². The van der Waals surface area contributed by atoms with Crippen molar-refractivity contribution in [2.45, 2.75) is 6.92 Å². The number of hydrogen-bond donors (Lipinski definition) is 0. The lowest BCUT2D eigenvalue weighted by Crippen LogP contribution is -1.94. The van der Waals surface area contributed by atoms with E-state index in [0.717, 1.165) is 39.2 Å². The second-order valence-corrected chi connectivity index (χ2v) is 6.10. The minimum atomic E-state index is 0.796. The summed E-state index contributed by atoms with van der Waals surface area (Å²) in [7, 11) is 0. The van der Waals surface area contributed by atoms with Gasteiger partial charge < -0.3 is 0 Å². The molecule has 4 rings (SSSR count). The fourth-order valence-electron chi connectivity index (χ4n) is 3.06. The summed E-state index contributed by atoms with van der Waals surface area (Å²) in [5.41, 5.74) is 7.84. The molecule has 26 heavy (non-hydrogen) atoms. The van der Waals surface area contributed by atoms with Crippen molar-refractivity contribution in [1.82, 2.24) is 19.6 Å². The van der Waals surface area contributed by atoms with Crippen LogP contribution in [0.5, 0.6) is 0 Å². The van der Waals surface area contributed by atoms with Gasteiger partial charge in [-0.05, 0) is 30.2 Å². The molecule has 0 radical (unpaired) electrons. The lowest BCUT2D eigenvalue weighted by atomic mass is 10.0. The van der Waals surface area contributed by atoms with Gasteiger partial charge in [0.1, 0.15) is 0 Å². The second kappa shape index (κ2) is 6.41. The first kappa shape index (κ1) is 16.0. The van der Waals surface area contributed by atoms with Crippen molar-refractivity contribution in [2.24, 2.45) is 0 Å². The standard InChI is InChI=1S/C22H18N4/c1-4-18-19(10-11-23-21(18)5-2)20-13-25-26-14-17(12-24-22(20)26)16-8-6-15(3)7-9-16/h4-14H,1-2H2,3H3. The van der Waals surface area contributed by atoms with Crippen LogP contribution in [-0.2, 0) is 0 Å². The number of hydrogen-bond acceptors (Lipinski definition) is 3. The minimum Gasteiger partial charge on any atom is -0.256 e. The molecular formula is C22H18N4. The van der Waals surface area contributed by atoms with E-state index in [1.165, 1.54) is 5.56 Å². The third kappa shape index (κ3) is 2.62. The Bertz CT molecular complexity index is 1120. The normalized spacial score (nSPS) is 10.8. The Morgan fingerprint density at radius 2 is 1.69 bits per heavy atom. The molecule has 0 aliphatic carbocycles. The lowest BCUT2D eigenvalue weighted by Gasteiger charge is -2.07. The molecule has 0 spiro atoms. The number of fused-ring (bicyclic) bond motifs is 1. The third-order valence-electron chi connectivity index (χ3n) is 4.45. The SMILES string of the molecule is C=Cc1nccc(-c2cnn3cc(-c4ccc(C)cc4)cnc23)c1C=C. The van der Waals surface area contributed by atoms with E-state index in [0.29, 0.717) is 0 Å². The van der Waals surface area contributed by atoms with Crippen LogP contribution >= 0.6 is 0 Å². The molecule has 1 aromatic carbocycles. The van der Waals surface area contributed by atoms with Crippen LogP contribution in [0.1, 0.15) is 16.8 Å². The van der Waals surface area contributed by atoms with Crippen molar-refractivity contribution in [2.75, 3.05) is 0 Å². The van der Waals surface area contributed by atoms with Crippen LogP contribution in [0.15, 0.2) is 68.3 Å². The molecule has 4 nitrogen and oxygen atoms in total. The molecule has 3 aromatic heterocycles. The fraction of sp³-hybridized carbons (Fsp3) is 0.0455. The van der Waals surface area contributed by atoms with Gasteiger partial charge in [-0.1, -0.05) is 49.1 Å². The van der Waals surface area contributed by atoms with E-state index >= 15 is 0 Å². The molecule has 0 N–H and O–H groups in total. The van der Waals surface area contributed by atoms with E-state index in [4.69, 9.17) is 0 Å². The number of benzene rings is 1. The molecule has 0 atom stereocenters. The van der Waals surface area contributed by atoms with Crippen LogP contribution in [0.4, 0.5) is 0 Å². The summed E-state index contributed by atoms with van der Waals surface area (Å²) in [5.74, 6) is 0. The Morgan fingerprint density at radius 3 is 2.42 bits per heavy atom. The number of aromatic nitrogens is 4. The van der Waals surface area contributed by atoms with Crippen molar-refractivity contribution < 1.29 is 0 Å². The van der Waals surface area contributed by atoms with Crippen molar-refractivity contribution >= 4 is 17.8 Å². The predicted octanol–water partition coefficient (Wildman–Crippen LogP) is 5.05. The quantitative estimate of drug-likeness (QED) is 0.523. The second-order valence-electron chi connectivity index (χ2n) is 6.10. The highest BCUT2D eigenvalue weighted by molar-refractivity contribution is 5.85. The molecule has 0 amide bonds. The molecular weight excluding hydrogens is 320 g/mol. The molecule has 0 bridgehead atoms. The van der Waals surface area contributed by atoms with Gasteiger partial charge in [-0.2, -0.15) is 5.10 Å². The van der Waals surface area contributed by atoms with Crippen LogP contribution in [0, 0.1) is 6.92 Å². The van der Waals surface area contributed by atoms with Crippen LogP contribution in [0.2, 0.25) is 0 Å². The first-order valence-corrected chi connectivity index (χ1v) is 8.36. The van der Waals surface area contributed by atoms with E-state index < -0.39 is 0 Å². The highest BCUT2D eigenvalue weighted by Crippen LogP contribution is 2.30. The Kier molecular flexibility index (Phi) is 3.93. The lowest BCUT2D eigenvalue weighted by molar-refractivity contribution is 0.941. The highest BCUT2D eigenvalue weighted by Gasteiger charge is 2.13. The maximum Gasteiger partial charge on any atom is 0.162 e. The topological polar surface area (TPSA) is 43.1 Å². The summed E-state index contributed by atoms with van der Waals surface area (Å²) in [5, 5.41) is 4.50. The van der Waals surface area contributed by atoms with Gasteiger partial charge in [0.25, 0.3) is 0 Å². The maximum atomic E-state index is 4.67. The zero-order valence-electron chi connectivity index (χ0n) is 14.6. The van der Waals surface area contributed by atoms with Gasteiger partial charge in [-0.25, -0.2) is 9.50 Å². The molecule has 0 fully saturated rings. The number of aryl methyl sites for hydroxylation is 1. The molecule has 126 valence electrons. The average molecular weight is 338 g/mol. The Hall–Kier alpha value is -3.53. The van der Waals surface area contributed by atoms with Crippen molar-refractivity contribution in [1.29, 1.82) is 0 Å². The number of nitrogens with zero attached hydrogens (tertiary/aromatic N) is 4. The smallest absolute Gasteiger partial charge is 0.162 e. The first-order valence-electron chi connectivity index (χ1n) is 8.36. The number of rotatable bonds is 4. The fourth-order valence-corrected chi connectivity index (χ4v) is 3.06. The van der Waals surface area contributed by atoms with E-state index in [1.54, 1.807) is 18.3 Å². The Morgan fingerprint density at radius 1 is 0.885 bits per heavy atom. The molecule has 0 saturated carbocycles. The maximum absolute atomic E-state index is 4.67. The molecule has 0 aliphatic heterocycles. The molecule has 3 heterocycles. The van der Waals surface area contributed by atoms with Gasteiger partial charge in [0.05, 0.1) is 11.9 Å². The van der Waals surface area contributed by atoms with E-state index in [-0.39, 0.29) is 0 Å². The molecule has 4 aromatic rings. The largest absolute Gasteiger partial charge is 0.256 e. The first-order chi connectivity index (χ1) is 12.7. The monoisotopic (exact) mass is 338 g/mol. The van der Waals surface area contributed by atoms with Gasteiger partial charge >= 0.3 is 0 Å². The summed E-state index contributed by atoms with van der Waals surface area (Å²) in [6.07, 6.45) is 11.0. The molecule has 4 heteroatoms. The molecule has 0 unspecified atom stereocenters. The van der Waals surface area contributed by atoms with Crippen molar-refractivity contribution in [3.8, 4) is 22.3 Å². The van der Waals surface area contributed by atoms with Crippen molar-refractivity contribution in [3.63, 3.8) is 0 Å². The van der Waals surface area contributed by atoms with Crippen molar-refractivity contribution in [3.05, 3.63) is 85.1 Å². The van der Waals surface area contributed by atoms with Crippen LogP contribution in [-0.4, -0.2) is 19.6 Å². The summed E-state index contributed by atoms with van der Waals surface area (Å²) in [6, 6.07) is 10.3. The third-order valence-corrected chi connectivity index (χ3v) is 4.45. The van der Waals surface area contributed by atoms with Gasteiger partial charge in [0.2, 0.25) is 0 Å². The average Bonchev–Trinajstić information content (AvgIpc) is 3.10. The zero-order chi connectivity index (χ0) is 18.1. The van der Waals surface area contributed by atoms with Crippen LogP contribution in [0.25, 0.3) is 40.1 Å². The van der Waals surface area contributed by atoms with Gasteiger partial charge in [0, 0.05) is 35.3 Å². The van der Waals surface area contributed by atoms with Gasteiger partial charge in [-0.15, -0.1) is 0 Å². The summed E-state index contributed by atoms with van der Waals surface area (Å²) in [6.45, 7) is 9.82. The summed E-state index contributed by atoms with van der Waals surface area (Å²) in [4.78, 5) is 9.01. The summed E-state index contributed by atoms with van der Waals surface area (Å²) >= 11 is 0. The van der Waals surface area contributed by atoms with Crippen LogP contribution < -0.4 is 0 Å². The highest BCUT2D eigenvalue weighted by atomic mass is 15.2. The van der Waals surface area contributed by atoms with Crippen LogP contribution in [0.3, 0.4) is 0 Å². The van der Waals surface area contributed by atoms with Gasteiger partial charge in [0.15, 0.2) is 5.65 Å². The zero-order valence-corrected chi connectivity index (χ0v) is 14.6. The number of pyridine rings is 1. The summed E-state index contributed by atoms with van der Waals surface area (Å²) < 4.78 is 1.81. The Balaban J connectivity index is 1.86. The molecule has 0 saturated heterocycles. The van der Waals surface area contributed by atoms with E-state index in [9.17, 15) is 0 Å². The molecule has 0 aliphatic rings. The Labute approximate surface area is 152 Å². The van der Waals surface area contributed by atoms with Gasteiger partial charge in [-0.3, -0.25) is 4.98 Å². The van der Waals surface area contributed by atoms with E-state index in [1.807, 2.05) is 29.2 Å². The predicted molar refractivity (Wildman–Crippen MR) is 107 cm³/mol.